The number of piperazine rings is 1. The van der Waals surface area contributed by atoms with Crippen molar-refractivity contribution in [3.63, 3.8) is 0 Å². The third-order valence-corrected chi connectivity index (χ3v) is 4.81. The van der Waals surface area contributed by atoms with Crippen LogP contribution in [0, 0.1) is 0 Å². The predicted molar refractivity (Wildman–Crippen MR) is 97.6 cm³/mol. The van der Waals surface area contributed by atoms with Gasteiger partial charge >= 0.3 is 0 Å². The molecule has 3 aromatic rings. The molecule has 1 N–H and O–H groups in total. The van der Waals surface area contributed by atoms with Gasteiger partial charge in [0.1, 0.15) is 0 Å². The van der Waals surface area contributed by atoms with Crippen molar-refractivity contribution in [2.75, 3.05) is 19.6 Å². The van der Waals surface area contributed by atoms with E-state index in [9.17, 15) is 4.79 Å². The molecule has 1 amide bonds. The Bertz CT molecular complexity index is 871. The first-order chi connectivity index (χ1) is 12.7. The van der Waals surface area contributed by atoms with Crippen LogP contribution in [0.4, 0.5) is 0 Å². The number of hydrogen-bond donors (Lipinski definition) is 1. The smallest absolute Gasteiger partial charge is 0.252 e. The summed E-state index contributed by atoms with van der Waals surface area (Å²) in [6, 6.07) is 10.4. The number of nitrogens with zero attached hydrogens (tertiary/aromatic N) is 5. The Morgan fingerprint density at radius 1 is 1.31 bits per heavy atom. The van der Waals surface area contributed by atoms with Crippen LogP contribution in [0.5, 0.6) is 0 Å². The van der Waals surface area contributed by atoms with Gasteiger partial charge in [-0.2, -0.15) is 4.98 Å². The standard InChI is InChI=1S/C19H22N6O/c1-2-14-4-6-15(7-5-14)16-13-20-9-11-24(16)18(26)12-17-22-19-21-8-3-10-25(19)23-17/h3-8,10,16,20H,2,9,11-13H2,1H3. The average molecular weight is 350 g/mol. The van der Waals surface area contributed by atoms with Crippen LogP contribution < -0.4 is 5.32 Å². The van der Waals surface area contributed by atoms with Gasteiger partial charge in [-0.3, -0.25) is 4.79 Å². The molecule has 7 nitrogen and oxygen atoms in total. The highest BCUT2D eigenvalue weighted by atomic mass is 16.2. The van der Waals surface area contributed by atoms with E-state index in [1.54, 1.807) is 23.0 Å². The average Bonchev–Trinajstić information content (AvgIpc) is 3.10. The number of amides is 1. The number of aryl methyl sites for hydroxylation is 1. The fourth-order valence-corrected chi connectivity index (χ4v) is 3.36. The number of hydrogen-bond acceptors (Lipinski definition) is 5. The maximum absolute atomic E-state index is 12.9. The fraction of sp³-hybridized carbons (Fsp3) is 0.368. The van der Waals surface area contributed by atoms with Gasteiger partial charge in [0, 0.05) is 32.0 Å². The maximum Gasteiger partial charge on any atom is 0.252 e. The predicted octanol–water partition coefficient (Wildman–Crippen LogP) is 1.40. The molecule has 0 spiro atoms. The van der Waals surface area contributed by atoms with E-state index in [-0.39, 0.29) is 18.4 Å². The monoisotopic (exact) mass is 350 g/mol. The van der Waals surface area contributed by atoms with E-state index in [0.29, 0.717) is 18.1 Å². The lowest BCUT2D eigenvalue weighted by Crippen LogP contribution is -2.49. The second-order valence-electron chi connectivity index (χ2n) is 6.47. The van der Waals surface area contributed by atoms with Crippen molar-refractivity contribution in [3.8, 4) is 0 Å². The van der Waals surface area contributed by atoms with E-state index in [2.05, 4.69) is 51.6 Å². The molecule has 0 radical (unpaired) electrons. The number of aromatic nitrogens is 4. The number of carbonyl (C=O) groups excluding carboxylic acids is 1. The molecule has 0 aliphatic carbocycles. The van der Waals surface area contributed by atoms with Crippen molar-refractivity contribution < 1.29 is 4.79 Å². The molecular formula is C19H22N6O. The highest BCUT2D eigenvalue weighted by Crippen LogP contribution is 2.23. The molecule has 3 heterocycles. The summed E-state index contributed by atoms with van der Waals surface area (Å²) < 4.78 is 1.60. The third-order valence-electron chi connectivity index (χ3n) is 4.81. The molecule has 4 rings (SSSR count). The summed E-state index contributed by atoms with van der Waals surface area (Å²) >= 11 is 0. The van der Waals surface area contributed by atoms with E-state index in [4.69, 9.17) is 0 Å². The Labute approximate surface area is 152 Å². The largest absolute Gasteiger partial charge is 0.333 e. The van der Waals surface area contributed by atoms with Crippen LogP contribution in [0.2, 0.25) is 0 Å². The van der Waals surface area contributed by atoms with Crippen LogP contribution >= 0.6 is 0 Å². The van der Waals surface area contributed by atoms with Gasteiger partial charge in [0.2, 0.25) is 5.91 Å². The molecule has 1 unspecified atom stereocenters. The lowest BCUT2D eigenvalue weighted by molar-refractivity contribution is -0.133. The Morgan fingerprint density at radius 2 is 2.15 bits per heavy atom. The molecule has 1 aromatic carbocycles. The zero-order valence-electron chi connectivity index (χ0n) is 14.8. The molecule has 0 saturated carbocycles. The van der Waals surface area contributed by atoms with Gasteiger partial charge in [0.05, 0.1) is 12.5 Å². The molecule has 2 aromatic heterocycles. The van der Waals surface area contributed by atoms with Crippen LogP contribution in [0.1, 0.15) is 29.9 Å². The normalized spacial score (nSPS) is 17.6. The second-order valence-corrected chi connectivity index (χ2v) is 6.47. The summed E-state index contributed by atoms with van der Waals surface area (Å²) in [7, 11) is 0. The van der Waals surface area contributed by atoms with Gasteiger partial charge in [-0.25, -0.2) is 9.50 Å². The first kappa shape index (κ1) is 16.7. The van der Waals surface area contributed by atoms with Crippen molar-refractivity contribution in [3.05, 3.63) is 59.7 Å². The van der Waals surface area contributed by atoms with Crippen molar-refractivity contribution in [1.29, 1.82) is 0 Å². The Morgan fingerprint density at radius 3 is 2.92 bits per heavy atom. The Hall–Kier alpha value is -2.80. The third kappa shape index (κ3) is 3.30. The zero-order chi connectivity index (χ0) is 17.9. The first-order valence-corrected chi connectivity index (χ1v) is 9.00. The summed E-state index contributed by atoms with van der Waals surface area (Å²) in [4.78, 5) is 23.4. The summed E-state index contributed by atoms with van der Waals surface area (Å²) in [5, 5.41) is 7.74. The maximum atomic E-state index is 12.9. The van der Waals surface area contributed by atoms with Crippen LogP contribution in [-0.2, 0) is 17.6 Å². The molecule has 1 fully saturated rings. The fourth-order valence-electron chi connectivity index (χ4n) is 3.36. The van der Waals surface area contributed by atoms with Crippen molar-refractivity contribution in [2.45, 2.75) is 25.8 Å². The van der Waals surface area contributed by atoms with E-state index in [1.165, 1.54) is 5.56 Å². The van der Waals surface area contributed by atoms with Crippen LogP contribution in [0.25, 0.3) is 5.78 Å². The summed E-state index contributed by atoms with van der Waals surface area (Å²) in [5.74, 6) is 1.07. The number of fused-ring (bicyclic) bond motifs is 1. The number of nitrogens with one attached hydrogen (secondary N) is 1. The lowest BCUT2D eigenvalue weighted by Gasteiger charge is -2.36. The van der Waals surface area contributed by atoms with Gasteiger partial charge in [0.15, 0.2) is 5.82 Å². The molecule has 0 bridgehead atoms. The summed E-state index contributed by atoms with van der Waals surface area (Å²) in [6.07, 6.45) is 4.65. The lowest BCUT2D eigenvalue weighted by atomic mass is 10.0. The number of benzene rings is 1. The van der Waals surface area contributed by atoms with Gasteiger partial charge in [-0.05, 0) is 23.6 Å². The van der Waals surface area contributed by atoms with E-state index in [1.807, 2.05) is 4.90 Å². The molecule has 1 atom stereocenters. The zero-order valence-corrected chi connectivity index (χ0v) is 14.8. The van der Waals surface area contributed by atoms with E-state index >= 15 is 0 Å². The summed E-state index contributed by atoms with van der Waals surface area (Å²) in [5.41, 5.74) is 2.46. The summed E-state index contributed by atoms with van der Waals surface area (Å²) in [6.45, 7) is 4.39. The highest BCUT2D eigenvalue weighted by molar-refractivity contribution is 5.78. The molecule has 7 heteroatoms. The highest BCUT2D eigenvalue weighted by Gasteiger charge is 2.28. The van der Waals surface area contributed by atoms with Crippen LogP contribution in [0.3, 0.4) is 0 Å². The van der Waals surface area contributed by atoms with Crippen LogP contribution in [0.15, 0.2) is 42.7 Å². The Kier molecular flexibility index (Phi) is 4.62. The van der Waals surface area contributed by atoms with Crippen LogP contribution in [-0.4, -0.2) is 50.0 Å². The van der Waals surface area contributed by atoms with Crippen molar-refractivity contribution in [1.82, 2.24) is 29.8 Å². The molecule has 1 aliphatic heterocycles. The van der Waals surface area contributed by atoms with Crippen molar-refractivity contribution >= 4 is 11.7 Å². The second kappa shape index (κ2) is 7.21. The van der Waals surface area contributed by atoms with Gasteiger partial charge in [-0.1, -0.05) is 31.2 Å². The Balaban J connectivity index is 1.53. The quantitative estimate of drug-likeness (QED) is 0.770. The first-order valence-electron chi connectivity index (χ1n) is 9.00. The number of carbonyl (C=O) groups is 1. The topological polar surface area (TPSA) is 75.4 Å². The van der Waals surface area contributed by atoms with Crippen molar-refractivity contribution in [2.24, 2.45) is 0 Å². The molecule has 1 aliphatic rings. The van der Waals surface area contributed by atoms with Gasteiger partial charge < -0.3 is 10.2 Å². The van der Waals surface area contributed by atoms with E-state index in [0.717, 1.165) is 25.1 Å². The SMILES string of the molecule is CCc1ccc(C2CNCCN2C(=O)Cc2nc3ncccn3n2)cc1. The molecule has 26 heavy (non-hydrogen) atoms. The minimum Gasteiger partial charge on any atom is -0.333 e. The number of rotatable bonds is 4. The minimum absolute atomic E-state index is 0.0392. The molecule has 134 valence electrons. The molecule has 1 saturated heterocycles. The van der Waals surface area contributed by atoms with Gasteiger partial charge in [-0.15, -0.1) is 5.10 Å². The minimum atomic E-state index is 0.0392. The van der Waals surface area contributed by atoms with E-state index < -0.39 is 0 Å². The van der Waals surface area contributed by atoms with Gasteiger partial charge in [0.25, 0.3) is 5.78 Å². The molecular weight excluding hydrogens is 328 g/mol.